The molecule has 0 spiro atoms. The molecule has 0 unspecified atom stereocenters. The van der Waals surface area contributed by atoms with Crippen LogP contribution in [0.3, 0.4) is 0 Å². The number of hydrogen-bond donors (Lipinski definition) is 1. The number of pyridine rings is 1. The van der Waals surface area contributed by atoms with Gasteiger partial charge in [-0.05, 0) is 43.3 Å². The van der Waals surface area contributed by atoms with Gasteiger partial charge < -0.3 is 14.3 Å². The number of nitrogens with zero attached hydrogens (tertiary/aromatic N) is 4. The highest BCUT2D eigenvalue weighted by Gasteiger charge is 2.28. The van der Waals surface area contributed by atoms with Gasteiger partial charge in [-0.25, -0.2) is 14.3 Å². The summed E-state index contributed by atoms with van der Waals surface area (Å²) in [6, 6.07) is 11.1. The fraction of sp³-hybridized carbons (Fsp3) is 0.158. The minimum atomic E-state index is -3.93. The molecule has 0 fully saturated rings. The first-order valence-corrected chi connectivity index (χ1v) is 9.97. The Morgan fingerprint density at radius 2 is 1.93 bits per heavy atom. The summed E-state index contributed by atoms with van der Waals surface area (Å²) in [5.41, 5.74) is 2.72. The molecular formula is C19H19N5O3S. The van der Waals surface area contributed by atoms with Crippen LogP contribution in [0.15, 0.2) is 60.1 Å². The quantitative estimate of drug-likeness (QED) is 0.559. The molecular weight excluding hydrogens is 378 g/mol. The number of sulfonamides is 1. The monoisotopic (exact) mass is 397 g/mol. The molecule has 3 aromatic heterocycles. The van der Waals surface area contributed by atoms with Gasteiger partial charge in [-0.15, -0.1) is 0 Å². The highest BCUT2D eigenvalue weighted by Crippen LogP contribution is 2.29. The number of H-pyrrole nitrogens is 1. The van der Waals surface area contributed by atoms with E-state index in [0.717, 1.165) is 9.99 Å². The van der Waals surface area contributed by atoms with Gasteiger partial charge in [0.1, 0.15) is 11.6 Å². The van der Waals surface area contributed by atoms with Crippen molar-refractivity contribution >= 4 is 26.9 Å². The van der Waals surface area contributed by atoms with Gasteiger partial charge in [0.2, 0.25) is 5.16 Å². The molecule has 28 heavy (non-hydrogen) atoms. The van der Waals surface area contributed by atoms with Crippen LogP contribution >= 0.6 is 0 Å². The number of aromatic nitrogens is 4. The van der Waals surface area contributed by atoms with Gasteiger partial charge in [0.25, 0.3) is 10.0 Å². The Balaban J connectivity index is 1.76. The lowest BCUT2D eigenvalue weighted by atomic mass is 10.2. The van der Waals surface area contributed by atoms with Crippen molar-refractivity contribution in [3.8, 4) is 11.4 Å². The van der Waals surface area contributed by atoms with Crippen molar-refractivity contribution in [1.29, 1.82) is 0 Å². The lowest BCUT2D eigenvalue weighted by Crippen LogP contribution is -2.29. The van der Waals surface area contributed by atoms with E-state index >= 15 is 0 Å². The van der Waals surface area contributed by atoms with Crippen LogP contribution in [0.5, 0.6) is 5.75 Å². The van der Waals surface area contributed by atoms with Crippen molar-refractivity contribution in [2.24, 2.45) is 0 Å². The SMILES string of the molecule is COc1ccnc(N(C)S(=O)(=O)c2nc3cc(-n4cccc4)ccc3[nH]2)c1C. The number of rotatable bonds is 5. The number of aromatic amines is 1. The van der Waals surface area contributed by atoms with E-state index in [1.165, 1.54) is 20.4 Å². The first kappa shape index (κ1) is 18.1. The highest BCUT2D eigenvalue weighted by molar-refractivity contribution is 7.92. The maximum atomic E-state index is 13.1. The normalized spacial score (nSPS) is 11.7. The molecule has 0 saturated carbocycles. The molecule has 0 saturated heterocycles. The van der Waals surface area contributed by atoms with Crippen LogP contribution in [0.25, 0.3) is 16.7 Å². The number of nitrogens with one attached hydrogen (secondary N) is 1. The van der Waals surface area contributed by atoms with E-state index in [-0.39, 0.29) is 11.0 Å². The van der Waals surface area contributed by atoms with Gasteiger partial charge in [-0.3, -0.25) is 0 Å². The molecule has 3 heterocycles. The number of anilines is 1. The molecule has 8 nitrogen and oxygen atoms in total. The van der Waals surface area contributed by atoms with Crippen LogP contribution in [0.1, 0.15) is 5.56 Å². The number of benzene rings is 1. The van der Waals surface area contributed by atoms with Gasteiger partial charge in [0, 0.05) is 36.9 Å². The van der Waals surface area contributed by atoms with Gasteiger partial charge >= 0.3 is 0 Å². The zero-order chi connectivity index (χ0) is 19.9. The van der Waals surface area contributed by atoms with Crippen LogP contribution in [0.4, 0.5) is 5.82 Å². The Labute approximate surface area is 162 Å². The van der Waals surface area contributed by atoms with E-state index in [1.807, 2.05) is 47.3 Å². The smallest absolute Gasteiger partial charge is 0.299 e. The standard InChI is InChI=1S/C19H19N5O3S/c1-13-17(27-3)8-9-20-18(13)23(2)28(25,26)19-21-15-7-6-14(12-16(15)22-19)24-10-4-5-11-24/h4-12H,1-3H3,(H,21,22). The molecule has 0 aliphatic rings. The Morgan fingerprint density at radius 1 is 1.18 bits per heavy atom. The molecule has 144 valence electrons. The molecule has 4 aromatic rings. The fourth-order valence-corrected chi connectivity index (χ4v) is 4.17. The number of methoxy groups -OCH3 is 1. The second-order valence-corrected chi connectivity index (χ2v) is 8.15. The van der Waals surface area contributed by atoms with Crippen molar-refractivity contribution in [3.05, 3.63) is 60.6 Å². The van der Waals surface area contributed by atoms with Crippen molar-refractivity contribution in [2.45, 2.75) is 12.1 Å². The minimum absolute atomic E-state index is 0.140. The van der Waals surface area contributed by atoms with Crippen molar-refractivity contribution in [3.63, 3.8) is 0 Å². The maximum absolute atomic E-state index is 13.1. The molecule has 0 amide bonds. The molecule has 1 aromatic carbocycles. The average molecular weight is 397 g/mol. The van der Waals surface area contributed by atoms with Gasteiger partial charge in [-0.2, -0.15) is 8.42 Å². The second-order valence-electron chi connectivity index (χ2n) is 6.27. The van der Waals surface area contributed by atoms with E-state index in [0.29, 0.717) is 22.3 Å². The Hall–Kier alpha value is -3.33. The third-order valence-electron chi connectivity index (χ3n) is 4.60. The summed E-state index contributed by atoms with van der Waals surface area (Å²) >= 11 is 0. The Bertz CT molecular complexity index is 1250. The molecule has 1 N–H and O–H groups in total. The lowest BCUT2D eigenvalue weighted by molar-refractivity contribution is 0.411. The van der Waals surface area contributed by atoms with Crippen LogP contribution in [-0.4, -0.2) is 42.1 Å². The largest absolute Gasteiger partial charge is 0.496 e. The summed E-state index contributed by atoms with van der Waals surface area (Å²) in [6.45, 7) is 1.76. The molecule has 9 heteroatoms. The summed E-state index contributed by atoms with van der Waals surface area (Å²) in [4.78, 5) is 11.4. The predicted octanol–water partition coefficient (Wildman–Crippen LogP) is 2.89. The molecule has 4 rings (SSSR count). The minimum Gasteiger partial charge on any atom is -0.496 e. The van der Waals surface area contributed by atoms with Crippen molar-refractivity contribution < 1.29 is 13.2 Å². The summed E-state index contributed by atoms with van der Waals surface area (Å²) in [7, 11) is -0.949. The van der Waals surface area contributed by atoms with Crippen LogP contribution in [0.2, 0.25) is 0 Å². The Morgan fingerprint density at radius 3 is 2.64 bits per heavy atom. The van der Waals surface area contributed by atoms with E-state index in [1.54, 1.807) is 13.0 Å². The third kappa shape index (κ3) is 2.89. The number of imidazole rings is 1. The predicted molar refractivity (Wildman–Crippen MR) is 107 cm³/mol. The van der Waals surface area contributed by atoms with Crippen molar-refractivity contribution in [2.75, 3.05) is 18.5 Å². The third-order valence-corrected chi connectivity index (χ3v) is 6.17. The van der Waals surface area contributed by atoms with Crippen LogP contribution in [-0.2, 0) is 10.0 Å². The Kier molecular flexibility index (Phi) is 4.31. The van der Waals surface area contributed by atoms with Gasteiger partial charge in [0.05, 0.1) is 18.1 Å². The first-order chi connectivity index (χ1) is 13.4. The van der Waals surface area contributed by atoms with Gasteiger partial charge in [0.15, 0.2) is 0 Å². The average Bonchev–Trinajstić information content (AvgIpc) is 3.37. The van der Waals surface area contributed by atoms with Crippen molar-refractivity contribution in [1.82, 2.24) is 19.5 Å². The summed E-state index contributed by atoms with van der Waals surface area (Å²) in [5.74, 6) is 0.848. The van der Waals surface area contributed by atoms with E-state index in [4.69, 9.17) is 4.74 Å². The molecule has 0 aliphatic heterocycles. The first-order valence-electron chi connectivity index (χ1n) is 8.53. The van der Waals surface area contributed by atoms with Gasteiger partial charge in [-0.1, -0.05) is 0 Å². The number of hydrogen-bond acceptors (Lipinski definition) is 5. The van der Waals surface area contributed by atoms with E-state index < -0.39 is 10.0 Å². The zero-order valence-electron chi connectivity index (χ0n) is 15.6. The molecule has 0 bridgehead atoms. The zero-order valence-corrected chi connectivity index (χ0v) is 16.4. The number of ether oxygens (including phenoxy) is 1. The summed E-state index contributed by atoms with van der Waals surface area (Å²) < 4.78 is 34.5. The van der Waals surface area contributed by atoms with E-state index in [9.17, 15) is 8.42 Å². The lowest BCUT2D eigenvalue weighted by Gasteiger charge is -2.19. The van der Waals surface area contributed by atoms with Crippen LogP contribution < -0.4 is 9.04 Å². The topological polar surface area (TPSA) is 93.1 Å². The number of fused-ring (bicyclic) bond motifs is 1. The summed E-state index contributed by atoms with van der Waals surface area (Å²) in [5, 5.41) is -0.140. The van der Waals surface area contributed by atoms with Crippen LogP contribution in [0, 0.1) is 6.92 Å². The second kappa shape index (κ2) is 6.68. The molecule has 0 aliphatic carbocycles. The maximum Gasteiger partial charge on any atom is 0.299 e. The fourth-order valence-electron chi connectivity index (χ4n) is 3.05. The highest BCUT2D eigenvalue weighted by atomic mass is 32.2. The summed E-state index contributed by atoms with van der Waals surface area (Å²) in [6.07, 6.45) is 5.34. The molecule has 0 atom stereocenters. The molecule has 0 radical (unpaired) electrons. The van der Waals surface area contributed by atoms with E-state index in [2.05, 4.69) is 15.0 Å².